The average Bonchev–Trinajstić information content (AvgIpc) is 2.59. The van der Waals surface area contributed by atoms with E-state index < -0.39 is 35.0 Å². The van der Waals surface area contributed by atoms with Crippen LogP contribution in [0.2, 0.25) is 0 Å². The fourth-order valence-electron chi connectivity index (χ4n) is 2.70. The Labute approximate surface area is 141 Å². The van der Waals surface area contributed by atoms with Gasteiger partial charge in [0.05, 0.1) is 0 Å². The third kappa shape index (κ3) is 2.58. The molecule has 0 aliphatic carbocycles. The van der Waals surface area contributed by atoms with Crippen LogP contribution in [0.3, 0.4) is 0 Å². The van der Waals surface area contributed by atoms with Gasteiger partial charge in [0.1, 0.15) is 17.1 Å². The van der Waals surface area contributed by atoms with Gasteiger partial charge in [-0.15, -0.1) is 11.8 Å². The van der Waals surface area contributed by atoms with Crippen LogP contribution in [0, 0.1) is 0 Å². The van der Waals surface area contributed by atoms with E-state index in [1.165, 1.54) is 28.8 Å². The molecule has 0 bridgehead atoms. The average molecular weight is 346 g/mol. The van der Waals surface area contributed by atoms with Crippen molar-refractivity contribution in [1.82, 2.24) is 10.2 Å². The summed E-state index contributed by atoms with van der Waals surface area (Å²) in [6.07, 6.45) is 0. The van der Waals surface area contributed by atoms with E-state index in [9.17, 15) is 24.3 Å². The molecule has 24 heavy (non-hydrogen) atoms. The number of fused-ring (bicyclic) bond motifs is 1. The molecule has 0 radical (unpaired) electrons. The Morgan fingerprint density at radius 2 is 1.92 bits per heavy atom. The van der Waals surface area contributed by atoms with Crippen molar-refractivity contribution in [1.29, 1.82) is 0 Å². The molecule has 1 fully saturated rings. The van der Waals surface area contributed by atoms with Gasteiger partial charge in [0.25, 0.3) is 11.8 Å². The number of amides is 2. The molecule has 1 saturated heterocycles. The summed E-state index contributed by atoms with van der Waals surface area (Å²) in [6.45, 7) is 1.66. The number of β-lactam (4-membered cyclic amide) rings is 1. The standard InChI is InChI=1S/C16H14N2O5S/c1-8-7-24-15-10(14(21)18(15)11(8)16(22)23)17-13(20)12(19)9-5-3-2-4-6-9/h2-6,10,15H,7H2,1H3,(H,17,20)(H,22,23)/t10-,15-/m1/s1. The van der Waals surface area contributed by atoms with E-state index in [1.54, 1.807) is 25.1 Å². The fourth-order valence-corrected chi connectivity index (χ4v) is 4.00. The Balaban J connectivity index is 1.73. The Morgan fingerprint density at radius 1 is 1.25 bits per heavy atom. The number of hydrogen-bond acceptors (Lipinski definition) is 5. The normalized spacial score (nSPS) is 22.5. The number of nitrogens with one attached hydrogen (secondary N) is 1. The Morgan fingerprint density at radius 3 is 2.54 bits per heavy atom. The Bertz CT molecular complexity index is 774. The maximum Gasteiger partial charge on any atom is 0.352 e. The fraction of sp³-hybridized carbons (Fsp3) is 0.250. The minimum Gasteiger partial charge on any atom is -0.477 e. The highest BCUT2D eigenvalue weighted by Gasteiger charge is 2.54. The van der Waals surface area contributed by atoms with E-state index in [0.29, 0.717) is 11.3 Å². The van der Waals surface area contributed by atoms with E-state index in [1.807, 2.05) is 0 Å². The molecule has 2 aliphatic heterocycles. The maximum atomic E-state index is 12.2. The molecule has 1 aromatic rings. The number of Topliss-reactive ketones (excluding diaryl/α,β-unsaturated/α-hetero) is 1. The van der Waals surface area contributed by atoms with Crippen molar-refractivity contribution in [3.05, 3.63) is 47.2 Å². The number of rotatable bonds is 4. The largest absolute Gasteiger partial charge is 0.477 e. The van der Waals surface area contributed by atoms with Crippen LogP contribution in [-0.4, -0.2) is 50.7 Å². The summed E-state index contributed by atoms with van der Waals surface area (Å²) in [4.78, 5) is 48.9. The summed E-state index contributed by atoms with van der Waals surface area (Å²) >= 11 is 1.36. The van der Waals surface area contributed by atoms with E-state index in [2.05, 4.69) is 5.32 Å². The summed E-state index contributed by atoms with van der Waals surface area (Å²) in [6, 6.07) is 7.14. The Hall–Kier alpha value is -2.61. The SMILES string of the molecule is CC1=C(C(=O)O)N2C(=O)[C@@H](NC(=O)C(=O)c3ccccc3)[C@H]2SC1. The van der Waals surface area contributed by atoms with Crippen molar-refractivity contribution in [2.45, 2.75) is 18.3 Å². The van der Waals surface area contributed by atoms with Gasteiger partial charge in [0.15, 0.2) is 0 Å². The van der Waals surface area contributed by atoms with Crippen molar-refractivity contribution in [3.8, 4) is 0 Å². The lowest BCUT2D eigenvalue weighted by atomic mass is 10.0. The molecule has 2 atom stereocenters. The smallest absolute Gasteiger partial charge is 0.352 e. The van der Waals surface area contributed by atoms with Crippen molar-refractivity contribution in [3.63, 3.8) is 0 Å². The minimum absolute atomic E-state index is 0.0383. The molecule has 2 aliphatic rings. The van der Waals surface area contributed by atoms with Gasteiger partial charge in [0, 0.05) is 11.3 Å². The number of hydrogen-bond donors (Lipinski definition) is 2. The molecule has 1 aromatic carbocycles. The predicted molar refractivity (Wildman–Crippen MR) is 86.1 cm³/mol. The Kier molecular flexibility index (Phi) is 4.15. The lowest BCUT2D eigenvalue weighted by Crippen LogP contribution is -2.71. The van der Waals surface area contributed by atoms with Crippen molar-refractivity contribution in [2.75, 3.05) is 5.75 Å². The molecular formula is C16H14N2O5S. The molecule has 2 N–H and O–H groups in total. The molecule has 124 valence electrons. The second-order valence-electron chi connectivity index (χ2n) is 5.49. The zero-order valence-corrected chi connectivity index (χ0v) is 13.5. The summed E-state index contributed by atoms with van der Waals surface area (Å²) in [5.41, 5.74) is 0.794. The molecule has 2 heterocycles. The monoisotopic (exact) mass is 346 g/mol. The van der Waals surface area contributed by atoms with Crippen LogP contribution in [0.4, 0.5) is 0 Å². The van der Waals surface area contributed by atoms with Gasteiger partial charge in [-0.3, -0.25) is 19.3 Å². The first-order valence-electron chi connectivity index (χ1n) is 7.19. The lowest BCUT2D eigenvalue weighted by Gasteiger charge is -2.49. The van der Waals surface area contributed by atoms with Gasteiger partial charge >= 0.3 is 5.97 Å². The van der Waals surface area contributed by atoms with Gasteiger partial charge < -0.3 is 10.4 Å². The summed E-state index contributed by atoms with van der Waals surface area (Å²) in [5, 5.41) is 11.2. The van der Waals surface area contributed by atoms with Crippen molar-refractivity contribution in [2.24, 2.45) is 0 Å². The molecule has 0 spiro atoms. The number of benzene rings is 1. The zero-order chi connectivity index (χ0) is 17.4. The molecule has 0 saturated carbocycles. The molecule has 7 nitrogen and oxygen atoms in total. The summed E-state index contributed by atoms with van der Waals surface area (Å²) in [5.74, 6) is -2.83. The van der Waals surface area contributed by atoms with Gasteiger partial charge in [-0.05, 0) is 12.5 Å². The number of carbonyl (C=O) groups is 4. The van der Waals surface area contributed by atoms with E-state index in [4.69, 9.17) is 0 Å². The molecule has 0 unspecified atom stereocenters. The second-order valence-corrected chi connectivity index (χ2v) is 6.60. The van der Waals surface area contributed by atoms with Crippen molar-refractivity contribution < 1.29 is 24.3 Å². The van der Waals surface area contributed by atoms with Crippen LogP contribution in [0.15, 0.2) is 41.6 Å². The number of thioether (sulfide) groups is 1. The summed E-state index contributed by atoms with van der Waals surface area (Å²) in [7, 11) is 0. The highest BCUT2D eigenvalue weighted by atomic mass is 32.2. The molecule has 3 rings (SSSR count). The third-order valence-corrected chi connectivity index (χ3v) is 5.31. The topological polar surface area (TPSA) is 104 Å². The highest BCUT2D eigenvalue weighted by Crippen LogP contribution is 2.40. The number of carboxylic acid groups (broad SMARTS) is 1. The number of carboxylic acids is 1. The van der Waals surface area contributed by atoms with Gasteiger partial charge in [0.2, 0.25) is 5.78 Å². The quantitative estimate of drug-likeness (QED) is 0.471. The minimum atomic E-state index is -1.17. The number of carbonyl (C=O) groups excluding carboxylic acids is 3. The van der Waals surface area contributed by atoms with E-state index >= 15 is 0 Å². The van der Waals surface area contributed by atoms with Crippen molar-refractivity contribution >= 4 is 35.3 Å². The van der Waals surface area contributed by atoms with Crippen LogP contribution < -0.4 is 5.32 Å². The van der Waals surface area contributed by atoms with Gasteiger partial charge in [-0.1, -0.05) is 30.3 Å². The molecule has 0 aromatic heterocycles. The number of aliphatic carboxylic acids is 1. The first-order valence-corrected chi connectivity index (χ1v) is 8.24. The number of ketones is 1. The summed E-state index contributed by atoms with van der Waals surface area (Å²) < 4.78 is 0. The first kappa shape index (κ1) is 16.3. The van der Waals surface area contributed by atoms with Crippen LogP contribution in [0.1, 0.15) is 17.3 Å². The highest BCUT2D eigenvalue weighted by molar-refractivity contribution is 8.00. The second kappa shape index (κ2) is 6.12. The third-order valence-electron chi connectivity index (χ3n) is 3.89. The zero-order valence-electron chi connectivity index (χ0n) is 12.7. The maximum absolute atomic E-state index is 12.2. The van der Waals surface area contributed by atoms with E-state index in [0.717, 1.165) is 0 Å². The van der Waals surface area contributed by atoms with Crippen LogP contribution >= 0.6 is 11.8 Å². The van der Waals surface area contributed by atoms with Gasteiger partial charge in [-0.2, -0.15) is 0 Å². The van der Waals surface area contributed by atoms with Crippen LogP contribution in [0.25, 0.3) is 0 Å². The van der Waals surface area contributed by atoms with E-state index in [-0.39, 0.29) is 11.3 Å². The molecular weight excluding hydrogens is 332 g/mol. The predicted octanol–water partition coefficient (Wildman–Crippen LogP) is 0.628. The first-order chi connectivity index (χ1) is 11.4. The molecule has 8 heteroatoms. The lowest BCUT2D eigenvalue weighted by molar-refractivity contribution is -0.150. The van der Waals surface area contributed by atoms with Gasteiger partial charge in [-0.25, -0.2) is 4.79 Å². The molecule has 2 amide bonds. The van der Waals surface area contributed by atoms with Crippen LogP contribution in [0.5, 0.6) is 0 Å². The number of nitrogens with zero attached hydrogens (tertiary/aromatic N) is 1. The van der Waals surface area contributed by atoms with Crippen LogP contribution in [-0.2, 0) is 14.4 Å².